The minimum atomic E-state index is -0.310. The summed E-state index contributed by atoms with van der Waals surface area (Å²) in [5, 5.41) is 3.57. The molecule has 1 heterocycles. The molecule has 0 aromatic heterocycles. The lowest BCUT2D eigenvalue weighted by molar-refractivity contribution is -0.116. The third-order valence-corrected chi connectivity index (χ3v) is 0.992. The van der Waals surface area contributed by atoms with Crippen LogP contribution in [0.4, 0.5) is 0 Å². The van der Waals surface area contributed by atoms with Crippen molar-refractivity contribution >= 4 is 12.0 Å². The Morgan fingerprint density at radius 3 is 3.00 bits per heavy atom. The first-order valence-corrected chi connectivity index (χ1v) is 2.47. The van der Waals surface area contributed by atoms with Crippen molar-refractivity contribution in [3.63, 3.8) is 0 Å². The molecular weight excluding hydrogens is 106 g/mol. The van der Waals surface area contributed by atoms with Crippen LogP contribution in [0.25, 0.3) is 0 Å². The van der Waals surface area contributed by atoms with Crippen molar-refractivity contribution in [2.24, 2.45) is 5.16 Å². The fourth-order valence-electron chi connectivity index (χ4n) is 0.596. The lowest BCUT2D eigenvalue weighted by Gasteiger charge is -1.92. The number of rotatable bonds is 1. The topological polar surface area (TPSA) is 38.7 Å². The molecule has 44 valence electrons. The predicted octanol–water partition coefficient (Wildman–Crippen LogP) is 0.350. The monoisotopic (exact) mass is 113 g/mol. The normalized spacial score (nSPS) is 26.6. The van der Waals surface area contributed by atoms with Gasteiger partial charge in [-0.05, 0) is 6.92 Å². The first-order chi connectivity index (χ1) is 3.83. The molecule has 0 bridgehead atoms. The zero-order valence-electron chi connectivity index (χ0n) is 4.63. The van der Waals surface area contributed by atoms with Gasteiger partial charge in [0.1, 0.15) is 0 Å². The summed E-state index contributed by atoms with van der Waals surface area (Å²) in [4.78, 5) is 14.6. The molecule has 1 rings (SSSR count). The molecule has 1 aliphatic heterocycles. The first kappa shape index (κ1) is 5.28. The largest absolute Gasteiger partial charge is 0.384 e. The molecule has 0 aromatic rings. The Kier molecular flexibility index (Phi) is 1.28. The number of hydrogen-bond acceptors (Lipinski definition) is 3. The van der Waals surface area contributed by atoms with E-state index < -0.39 is 0 Å². The van der Waals surface area contributed by atoms with Crippen molar-refractivity contribution in [3.05, 3.63) is 0 Å². The molecule has 1 atom stereocenters. The summed E-state index contributed by atoms with van der Waals surface area (Å²) in [5.74, 6) is 0. The lowest BCUT2D eigenvalue weighted by atomic mass is 10.2. The van der Waals surface area contributed by atoms with Gasteiger partial charge in [0.05, 0.1) is 5.71 Å². The van der Waals surface area contributed by atoms with Crippen molar-refractivity contribution in [2.45, 2.75) is 19.4 Å². The molecule has 0 amide bonds. The van der Waals surface area contributed by atoms with E-state index in [2.05, 4.69) is 9.99 Å². The highest BCUT2D eigenvalue weighted by molar-refractivity contribution is 5.85. The van der Waals surface area contributed by atoms with E-state index in [1.54, 1.807) is 0 Å². The maximum absolute atomic E-state index is 9.95. The summed E-state index contributed by atoms with van der Waals surface area (Å²) in [6, 6.07) is 0. The van der Waals surface area contributed by atoms with Gasteiger partial charge >= 0.3 is 0 Å². The van der Waals surface area contributed by atoms with E-state index >= 15 is 0 Å². The Bertz CT molecular complexity index is 130. The summed E-state index contributed by atoms with van der Waals surface area (Å²) in [6.45, 7) is 1.84. The van der Waals surface area contributed by atoms with Gasteiger partial charge in [-0.1, -0.05) is 5.16 Å². The Labute approximate surface area is 47.3 Å². The number of carbonyl (C=O) groups is 1. The number of hydrogen-bond donors (Lipinski definition) is 0. The highest BCUT2D eigenvalue weighted by atomic mass is 16.6. The van der Waals surface area contributed by atoms with E-state index in [-0.39, 0.29) is 6.10 Å². The Balaban J connectivity index is 2.43. The third kappa shape index (κ3) is 0.857. The van der Waals surface area contributed by atoms with Crippen LogP contribution in [0, 0.1) is 0 Å². The van der Waals surface area contributed by atoms with E-state index in [1.807, 2.05) is 6.92 Å². The number of aldehydes is 1. The summed E-state index contributed by atoms with van der Waals surface area (Å²) < 4.78 is 0. The van der Waals surface area contributed by atoms with Crippen LogP contribution in [-0.4, -0.2) is 18.1 Å². The molecule has 1 aliphatic rings. The van der Waals surface area contributed by atoms with Gasteiger partial charge in [-0.3, -0.25) is 4.79 Å². The summed E-state index contributed by atoms with van der Waals surface area (Å²) >= 11 is 0. The average Bonchev–Trinajstić information content (AvgIpc) is 2.14. The van der Waals surface area contributed by atoms with E-state index in [0.717, 1.165) is 12.0 Å². The van der Waals surface area contributed by atoms with Crippen LogP contribution in [0.3, 0.4) is 0 Å². The smallest absolute Gasteiger partial charge is 0.187 e. The van der Waals surface area contributed by atoms with Crippen molar-refractivity contribution < 1.29 is 9.63 Å². The van der Waals surface area contributed by atoms with Crippen LogP contribution in [0.15, 0.2) is 5.16 Å². The van der Waals surface area contributed by atoms with Crippen LogP contribution in [-0.2, 0) is 9.63 Å². The van der Waals surface area contributed by atoms with E-state index in [4.69, 9.17) is 0 Å². The molecule has 0 fully saturated rings. The summed E-state index contributed by atoms with van der Waals surface area (Å²) in [7, 11) is 0. The molecule has 0 radical (unpaired) electrons. The maximum atomic E-state index is 9.95. The summed E-state index contributed by atoms with van der Waals surface area (Å²) in [5.41, 5.74) is 0.891. The molecule has 3 nitrogen and oxygen atoms in total. The second kappa shape index (κ2) is 1.94. The van der Waals surface area contributed by atoms with Gasteiger partial charge in [0.25, 0.3) is 0 Å². The zero-order chi connectivity index (χ0) is 5.98. The van der Waals surface area contributed by atoms with Crippen molar-refractivity contribution in [2.75, 3.05) is 0 Å². The first-order valence-electron chi connectivity index (χ1n) is 2.47. The molecule has 0 saturated heterocycles. The minimum absolute atomic E-state index is 0.310. The fraction of sp³-hybridized carbons (Fsp3) is 0.600. The van der Waals surface area contributed by atoms with Gasteiger partial charge in [0.2, 0.25) is 0 Å². The standard InChI is InChI=1S/C5H7NO2/c1-4-2-5(3-7)8-6-4/h3,5H,2H2,1H3/t5-/m0/s1. The number of carbonyl (C=O) groups excluding carboxylic acids is 1. The second-order valence-electron chi connectivity index (χ2n) is 1.81. The fourth-order valence-corrected chi connectivity index (χ4v) is 0.596. The highest BCUT2D eigenvalue weighted by Crippen LogP contribution is 2.06. The zero-order valence-corrected chi connectivity index (χ0v) is 4.63. The molecule has 0 spiro atoms. The van der Waals surface area contributed by atoms with Crippen molar-refractivity contribution in [1.29, 1.82) is 0 Å². The summed E-state index contributed by atoms with van der Waals surface area (Å²) in [6.07, 6.45) is 1.11. The van der Waals surface area contributed by atoms with E-state index in [9.17, 15) is 4.79 Å². The molecular formula is C5H7NO2. The van der Waals surface area contributed by atoms with Crippen molar-refractivity contribution in [1.82, 2.24) is 0 Å². The molecule has 0 unspecified atom stereocenters. The molecule has 0 saturated carbocycles. The molecule has 8 heavy (non-hydrogen) atoms. The van der Waals surface area contributed by atoms with Crippen LogP contribution in [0.5, 0.6) is 0 Å². The number of nitrogens with zero attached hydrogens (tertiary/aromatic N) is 1. The van der Waals surface area contributed by atoms with E-state index in [1.165, 1.54) is 0 Å². The van der Waals surface area contributed by atoms with Gasteiger partial charge in [-0.2, -0.15) is 0 Å². The van der Waals surface area contributed by atoms with Crippen LogP contribution in [0.1, 0.15) is 13.3 Å². The molecule has 3 heteroatoms. The van der Waals surface area contributed by atoms with Gasteiger partial charge in [-0.25, -0.2) is 0 Å². The molecule has 0 aromatic carbocycles. The quantitative estimate of drug-likeness (QED) is 0.460. The SMILES string of the molecule is CC1=NO[C@H](C=O)C1. The highest BCUT2D eigenvalue weighted by Gasteiger charge is 2.15. The van der Waals surface area contributed by atoms with E-state index in [0.29, 0.717) is 6.42 Å². The van der Waals surface area contributed by atoms with Gasteiger partial charge < -0.3 is 4.84 Å². The number of oxime groups is 1. The second-order valence-corrected chi connectivity index (χ2v) is 1.81. The average molecular weight is 113 g/mol. The molecule has 0 aliphatic carbocycles. The Morgan fingerprint density at radius 1 is 2.00 bits per heavy atom. The third-order valence-electron chi connectivity index (χ3n) is 0.992. The predicted molar refractivity (Wildman–Crippen MR) is 28.7 cm³/mol. The van der Waals surface area contributed by atoms with Gasteiger partial charge in [0, 0.05) is 6.42 Å². The van der Waals surface area contributed by atoms with Crippen LogP contribution >= 0.6 is 0 Å². The minimum Gasteiger partial charge on any atom is -0.384 e. The molecule has 0 N–H and O–H groups in total. The van der Waals surface area contributed by atoms with Gasteiger partial charge in [-0.15, -0.1) is 0 Å². The van der Waals surface area contributed by atoms with Crippen molar-refractivity contribution in [3.8, 4) is 0 Å². The lowest BCUT2D eigenvalue weighted by Crippen LogP contribution is -2.06. The van der Waals surface area contributed by atoms with Crippen LogP contribution in [0.2, 0.25) is 0 Å². The van der Waals surface area contributed by atoms with Crippen LogP contribution < -0.4 is 0 Å². The maximum Gasteiger partial charge on any atom is 0.187 e. The van der Waals surface area contributed by atoms with Gasteiger partial charge in [0.15, 0.2) is 12.4 Å². The Hall–Kier alpha value is -0.860. The Morgan fingerprint density at radius 2 is 2.75 bits per heavy atom.